The van der Waals surface area contributed by atoms with Gasteiger partial charge in [-0.05, 0) is 48.4 Å². The summed E-state index contributed by atoms with van der Waals surface area (Å²) in [5.74, 6) is 0.0514. The number of carbonyl (C=O) groups excluding carboxylic acids is 1. The number of hydrogen-bond acceptors (Lipinski definition) is 2. The third-order valence-corrected chi connectivity index (χ3v) is 3.35. The number of carbonyl (C=O) groups is 1. The van der Waals surface area contributed by atoms with Crippen molar-refractivity contribution >= 4 is 21.8 Å². The van der Waals surface area contributed by atoms with Crippen molar-refractivity contribution in [2.24, 2.45) is 0 Å². The Labute approximate surface area is 120 Å². The molecule has 0 fully saturated rings. The van der Waals surface area contributed by atoms with Gasteiger partial charge in [-0.1, -0.05) is 28.1 Å². The smallest absolute Gasteiger partial charge is 0.251 e. The number of phenolic OH excluding ortho intramolecular Hbond substituents is 1. The van der Waals surface area contributed by atoms with Crippen molar-refractivity contribution in [2.75, 3.05) is 0 Å². The first-order chi connectivity index (χ1) is 9.06. The average molecular weight is 320 g/mol. The number of amides is 1. The van der Waals surface area contributed by atoms with Gasteiger partial charge in [0.25, 0.3) is 5.91 Å². The fraction of sp³-hybridized carbons (Fsp3) is 0.133. The minimum absolute atomic E-state index is 0.147. The molecule has 0 aliphatic rings. The zero-order valence-corrected chi connectivity index (χ0v) is 12.1. The number of phenols is 1. The molecule has 0 aliphatic heterocycles. The minimum Gasteiger partial charge on any atom is -0.508 e. The fourth-order valence-corrected chi connectivity index (χ4v) is 1.95. The summed E-state index contributed by atoms with van der Waals surface area (Å²) in [5.41, 5.74) is 2.27. The second kappa shape index (κ2) is 5.89. The van der Waals surface area contributed by atoms with Crippen LogP contribution in [0.15, 0.2) is 46.9 Å². The van der Waals surface area contributed by atoms with E-state index in [9.17, 15) is 9.90 Å². The monoisotopic (exact) mass is 319 g/mol. The van der Waals surface area contributed by atoms with E-state index in [1.165, 1.54) is 6.07 Å². The molecule has 0 heterocycles. The van der Waals surface area contributed by atoms with Gasteiger partial charge >= 0.3 is 0 Å². The summed E-state index contributed by atoms with van der Waals surface area (Å²) in [7, 11) is 0. The van der Waals surface area contributed by atoms with Crippen molar-refractivity contribution in [1.82, 2.24) is 5.32 Å². The first-order valence-corrected chi connectivity index (χ1v) is 6.68. The van der Waals surface area contributed by atoms with E-state index in [0.29, 0.717) is 17.7 Å². The molecule has 0 saturated heterocycles. The lowest BCUT2D eigenvalue weighted by atomic mass is 10.1. The van der Waals surface area contributed by atoms with Crippen LogP contribution in [0.2, 0.25) is 0 Å². The molecular formula is C15H14BrNO2. The molecule has 98 valence electrons. The summed E-state index contributed by atoms with van der Waals surface area (Å²) in [6.45, 7) is 2.24. The summed E-state index contributed by atoms with van der Waals surface area (Å²) in [6, 6.07) is 12.6. The molecule has 0 radical (unpaired) electrons. The van der Waals surface area contributed by atoms with E-state index in [2.05, 4.69) is 21.2 Å². The highest BCUT2D eigenvalue weighted by atomic mass is 79.9. The van der Waals surface area contributed by atoms with Crippen LogP contribution in [0, 0.1) is 6.92 Å². The van der Waals surface area contributed by atoms with Crippen LogP contribution in [0.4, 0.5) is 0 Å². The van der Waals surface area contributed by atoms with E-state index in [1.54, 1.807) is 19.1 Å². The van der Waals surface area contributed by atoms with Crippen LogP contribution in [0.5, 0.6) is 5.75 Å². The molecule has 2 aromatic rings. The number of rotatable bonds is 3. The van der Waals surface area contributed by atoms with Crippen LogP contribution >= 0.6 is 15.9 Å². The van der Waals surface area contributed by atoms with Gasteiger partial charge < -0.3 is 10.4 Å². The quantitative estimate of drug-likeness (QED) is 0.911. The molecule has 1 amide bonds. The van der Waals surface area contributed by atoms with Crippen molar-refractivity contribution in [1.29, 1.82) is 0 Å². The number of aryl methyl sites for hydroxylation is 1. The van der Waals surface area contributed by atoms with Gasteiger partial charge in [0.1, 0.15) is 5.75 Å². The largest absolute Gasteiger partial charge is 0.508 e. The van der Waals surface area contributed by atoms with Gasteiger partial charge in [-0.3, -0.25) is 4.79 Å². The van der Waals surface area contributed by atoms with Crippen molar-refractivity contribution < 1.29 is 9.90 Å². The summed E-state index contributed by atoms with van der Waals surface area (Å²) < 4.78 is 1.01. The molecule has 2 rings (SSSR count). The Hall–Kier alpha value is -1.81. The molecule has 0 spiro atoms. The van der Waals surface area contributed by atoms with Crippen molar-refractivity contribution in [3.63, 3.8) is 0 Å². The summed E-state index contributed by atoms with van der Waals surface area (Å²) in [4.78, 5) is 11.9. The van der Waals surface area contributed by atoms with E-state index >= 15 is 0 Å². The maximum absolute atomic E-state index is 11.9. The minimum atomic E-state index is -0.147. The van der Waals surface area contributed by atoms with Crippen LogP contribution in [-0.2, 0) is 6.54 Å². The molecule has 4 heteroatoms. The topological polar surface area (TPSA) is 49.3 Å². The maximum Gasteiger partial charge on any atom is 0.251 e. The van der Waals surface area contributed by atoms with E-state index in [1.807, 2.05) is 24.3 Å². The second-order valence-electron chi connectivity index (χ2n) is 4.31. The van der Waals surface area contributed by atoms with Crippen molar-refractivity contribution in [3.05, 3.63) is 63.6 Å². The molecule has 0 bridgehead atoms. The highest BCUT2D eigenvalue weighted by Crippen LogP contribution is 2.17. The molecule has 2 aromatic carbocycles. The van der Waals surface area contributed by atoms with Gasteiger partial charge in [-0.15, -0.1) is 0 Å². The van der Waals surface area contributed by atoms with Crippen LogP contribution in [0.25, 0.3) is 0 Å². The number of hydrogen-bond donors (Lipinski definition) is 2. The van der Waals surface area contributed by atoms with Gasteiger partial charge in [0.05, 0.1) is 0 Å². The lowest BCUT2D eigenvalue weighted by molar-refractivity contribution is 0.0951. The molecule has 19 heavy (non-hydrogen) atoms. The SMILES string of the molecule is Cc1cc(C(=O)NCc2ccc(Br)cc2)ccc1O. The predicted octanol–water partition coefficient (Wildman–Crippen LogP) is 3.39. The fourth-order valence-electron chi connectivity index (χ4n) is 1.68. The highest BCUT2D eigenvalue weighted by molar-refractivity contribution is 9.10. The summed E-state index contributed by atoms with van der Waals surface area (Å²) in [5, 5.41) is 12.3. The third-order valence-electron chi connectivity index (χ3n) is 2.83. The predicted molar refractivity (Wildman–Crippen MR) is 78.2 cm³/mol. The van der Waals surface area contributed by atoms with Crippen LogP contribution in [-0.4, -0.2) is 11.0 Å². The van der Waals surface area contributed by atoms with Gasteiger partial charge in [0.2, 0.25) is 0 Å². The Kier molecular flexibility index (Phi) is 4.22. The summed E-state index contributed by atoms with van der Waals surface area (Å²) in [6.07, 6.45) is 0. The van der Waals surface area contributed by atoms with E-state index in [0.717, 1.165) is 10.0 Å². The summed E-state index contributed by atoms with van der Waals surface area (Å²) >= 11 is 3.37. The van der Waals surface area contributed by atoms with Crippen LogP contribution < -0.4 is 5.32 Å². The van der Waals surface area contributed by atoms with Gasteiger partial charge in [0, 0.05) is 16.6 Å². The number of aromatic hydroxyl groups is 1. The Balaban J connectivity index is 2.01. The molecule has 0 saturated carbocycles. The van der Waals surface area contributed by atoms with E-state index in [4.69, 9.17) is 0 Å². The Morgan fingerprint density at radius 2 is 1.89 bits per heavy atom. The van der Waals surface area contributed by atoms with Crippen LogP contribution in [0.1, 0.15) is 21.5 Å². The Bertz CT molecular complexity index is 594. The Morgan fingerprint density at radius 3 is 2.53 bits per heavy atom. The van der Waals surface area contributed by atoms with Gasteiger partial charge in [-0.2, -0.15) is 0 Å². The first-order valence-electron chi connectivity index (χ1n) is 5.88. The van der Waals surface area contributed by atoms with E-state index < -0.39 is 0 Å². The van der Waals surface area contributed by atoms with Crippen molar-refractivity contribution in [2.45, 2.75) is 13.5 Å². The highest BCUT2D eigenvalue weighted by Gasteiger charge is 2.07. The zero-order chi connectivity index (χ0) is 13.8. The number of halogens is 1. The lowest BCUT2D eigenvalue weighted by Gasteiger charge is -2.07. The molecule has 2 N–H and O–H groups in total. The van der Waals surface area contributed by atoms with Crippen molar-refractivity contribution in [3.8, 4) is 5.75 Å². The second-order valence-corrected chi connectivity index (χ2v) is 5.23. The average Bonchev–Trinajstić information content (AvgIpc) is 2.41. The lowest BCUT2D eigenvalue weighted by Crippen LogP contribution is -2.22. The third kappa shape index (κ3) is 3.58. The first kappa shape index (κ1) is 13.6. The zero-order valence-electron chi connectivity index (χ0n) is 10.5. The molecule has 0 atom stereocenters. The molecular weight excluding hydrogens is 306 g/mol. The normalized spacial score (nSPS) is 10.2. The number of nitrogens with one attached hydrogen (secondary N) is 1. The molecule has 0 unspecified atom stereocenters. The van der Waals surface area contributed by atoms with Crippen LogP contribution in [0.3, 0.4) is 0 Å². The molecule has 0 aromatic heterocycles. The Morgan fingerprint density at radius 1 is 1.21 bits per heavy atom. The molecule has 0 aliphatic carbocycles. The van der Waals surface area contributed by atoms with Gasteiger partial charge in [-0.25, -0.2) is 0 Å². The standard InChI is InChI=1S/C15H14BrNO2/c1-10-8-12(4-7-14(10)18)15(19)17-9-11-2-5-13(16)6-3-11/h2-8,18H,9H2,1H3,(H,17,19). The molecule has 3 nitrogen and oxygen atoms in total. The van der Waals surface area contributed by atoms with E-state index in [-0.39, 0.29) is 11.7 Å². The van der Waals surface area contributed by atoms with Gasteiger partial charge in [0.15, 0.2) is 0 Å². The maximum atomic E-state index is 11.9. The number of benzene rings is 2.